The number of aromatic amines is 1. The van der Waals surface area contributed by atoms with Gasteiger partial charge >= 0.3 is 6.09 Å². The zero-order valence-electron chi connectivity index (χ0n) is 21.4. The molecule has 2 aromatic carbocycles. The van der Waals surface area contributed by atoms with Crippen LogP contribution in [0.1, 0.15) is 47.8 Å². The lowest BCUT2D eigenvalue weighted by molar-refractivity contribution is 0.177. The van der Waals surface area contributed by atoms with Gasteiger partial charge in [-0.05, 0) is 48.4 Å². The summed E-state index contributed by atoms with van der Waals surface area (Å²) in [6.45, 7) is 0.587. The highest BCUT2D eigenvalue weighted by molar-refractivity contribution is 6.30. The number of imidazole rings is 1. The Morgan fingerprint density at radius 1 is 1.12 bits per heavy atom. The fourth-order valence-corrected chi connectivity index (χ4v) is 5.96. The smallest absolute Gasteiger partial charge is 0.404 e. The summed E-state index contributed by atoms with van der Waals surface area (Å²) in [7, 11) is 0. The second-order valence-corrected chi connectivity index (χ2v) is 10.7. The van der Waals surface area contributed by atoms with Gasteiger partial charge in [-0.2, -0.15) is 0 Å². The van der Waals surface area contributed by atoms with Gasteiger partial charge in [0.1, 0.15) is 18.2 Å². The molecule has 4 aromatic rings. The van der Waals surface area contributed by atoms with E-state index in [1.807, 2.05) is 30.3 Å². The van der Waals surface area contributed by atoms with Crippen LogP contribution in [0.25, 0.3) is 11.5 Å². The molecule has 3 aliphatic rings. The molecule has 0 spiro atoms. The molecule has 1 fully saturated rings. The van der Waals surface area contributed by atoms with Crippen molar-refractivity contribution in [3.05, 3.63) is 98.6 Å². The quantitative estimate of drug-likeness (QED) is 0.286. The third-order valence-corrected chi connectivity index (χ3v) is 7.98. The topological polar surface area (TPSA) is 122 Å². The van der Waals surface area contributed by atoms with Gasteiger partial charge < -0.3 is 20.1 Å². The maximum Gasteiger partial charge on any atom is 0.404 e. The van der Waals surface area contributed by atoms with E-state index >= 15 is 0 Å². The fourth-order valence-electron chi connectivity index (χ4n) is 5.77. The number of nitrogens with one attached hydrogen (secondary N) is 2. The maximum absolute atomic E-state index is 14.0. The van der Waals surface area contributed by atoms with Gasteiger partial charge in [0.25, 0.3) is 5.56 Å². The highest BCUT2D eigenvalue weighted by Gasteiger charge is 2.40. The average molecular weight is 564 g/mol. The molecule has 2 aliphatic heterocycles. The molecule has 11 heteroatoms. The molecule has 1 saturated carbocycles. The van der Waals surface area contributed by atoms with Crippen molar-refractivity contribution in [1.29, 1.82) is 0 Å². The zero-order valence-corrected chi connectivity index (χ0v) is 22.2. The van der Waals surface area contributed by atoms with E-state index in [9.17, 15) is 19.1 Å². The van der Waals surface area contributed by atoms with Crippen molar-refractivity contribution in [2.45, 2.75) is 50.8 Å². The Bertz CT molecular complexity index is 1610. The van der Waals surface area contributed by atoms with E-state index in [2.05, 4.69) is 15.3 Å². The van der Waals surface area contributed by atoms with Crippen LogP contribution in [0, 0.1) is 11.7 Å². The van der Waals surface area contributed by atoms with Crippen LogP contribution in [-0.4, -0.2) is 36.8 Å². The van der Waals surface area contributed by atoms with Crippen LogP contribution >= 0.6 is 11.6 Å². The zero-order chi connectivity index (χ0) is 27.8. The van der Waals surface area contributed by atoms with Gasteiger partial charge in [-0.3, -0.25) is 9.36 Å². The van der Waals surface area contributed by atoms with Crippen LogP contribution in [0.15, 0.2) is 59.4 Å². The summed E-state index contributed by atoms with van der Waals surface area (Å²) in [6, 6.07) is 15.2. The van der Waals surface area contributed by atoms with Crippen molar-refractivity contribution in [3.63, 3.8) is 0 Å². The van der Waals surface area contributed by atoms with Crippen LogP contribution in [0.3, 0.4) is 0 Å². The Labute approximate surface area is 234 Å². The van der Waals surface area contributed by atoms with Crippen LogP contribution in [0.4, 0.5) is 9.18 Å². The van der Waals surface area contributed by atoms with Gasteiger partial charge in [-0.15, -0.1) is 0 Å². The van der Waals surface area contributed by atoms with Gasteiger partial charge in [-0.1, -0.05) is 54.1 Å². The van der Waals surface area contributed by atoms with Crippen molar-refractivity contribution < 1.29 is 19.0 Å². The molecule has 1 aliphatic carbocycles. The molecule has 3 unspecified atom stereocenters. The van der Waals surface area contributed by atoms with Gasteiger partial charge in [0.2, 0.25) is 5.75 Å². The minimum atomic E-state index is -1.10. The van der Waals surface area contributed by atoms with Crippen LogP contribution in [0.2, 0.25) is 5.15 Å². The highest BCUT2D eigenvalue weighted by atomic mass is 35.5. The molecule has 2 bridgehead atoms. The van der Waals surface area contributed by atoms with Crippen molar-refractivity contribution in [3.8, 4) is 17.3 Å². The highest BCUT2D eigenvalue weighted by Crippen LogP contribution is 2.41. The third-order valence-electron chi connectivity index (χ3n) is 7.67. The number of rotatable bonds is 7. The molecule has 1 amide bonds. The fraction of sp³-hybridized carbons (Fsp3) is 0.310. The van der Waals surface area contributed by atoms with Gasteiger partial charge in [-0.25, -0.2) is 19.2 Å². The average Bonchev–Trinajstić information content (AvgIpc) is 3.11. The van der Waals surface area contributed by atoms with Crippen molar-refractivity contribution >= 4 is 17.7 Å². The Morgan fingerprint density at radius 3 is 2.65 bits per heavy atom. The van der Waals surface area contributed by atoms with Crippen molar-refractivity contribution in [2.24, 2.45) is 5.92 Å². The molecule has 3 atom stereocenters. The number of aromatic nitrogens is 4. The summed E-state index contributed by atoms with van der Waals surface area (Å²) < 4.78 is 21.2. The van der Waals surface area contributed by atoms with E-state index in [1.165, 1.54) is 12.1 Å². The minimum Gasteiger partial charge on any atom is -0.481 e. The van der Waals surface area contributed by atoms with E-state index < -0.39 is 6.09 Å². The van der Waals surface area contributed by atoms with E-state index in [0.717, 1.165) is 17.5 Å². The van der Waals surface area contributed by atoms with E-state index in [-0.39, 0.29) is 58.3 Å². The molecule has 4 heterocycles. The first-order valence-corrected chi connectivity index (χ1v) is 13.5. The Hall–Kier alpha value is -4.18. The number of fused-ring (bicyclic) bond motifs is 2. The summed E-state index contributed by atoms with van der Waals surface area (Å²) in [6.07, 6.45) is 1.47. The molecule has 206 valence electrons. The molecule has 40 heavy (non-hydrogen) atoms. The lowest BCUT2D eigenvalue weighted by Crippen LogP contribution is -2.42. The number of carbonyl (C=O) groups is 1. The normalized spacial score (nSPS) is 19.6. The minimum absolute atomic E-state index is 0.0513. The number of amides is 1. The number of H-pyrrole nitrogens is 1. The van der Waals surface area contributed by atoms with Gasteiger partial charge in [0.05, 0.1) is 5.69 Å². The first kappa shape index (κ1) is 26.1. The summed E-state index contributed by atoms with van der Waals surface area (Å²) >= 11 is 6.51. The first-order chi connectivity index (χ1) is 19.4. The second-order valence-electron chi connectivity index (χ2n) is 10.3. The molecular formula is C29H27ClFN5O4. The lowest BCUT2D eigenvalue weighted by Gasteiger charge is -2.31. The van der Waals surface area contributed by atoms with Gasteiger partial charge in [0.15, 0.2) is 16.7 Å². The first-order valence-electron chi connectivity index (χ1n) is 13.2. The predicted molar refractivity (Wildman–Crippen MR) is 146 cm³/mol. The van der Waals surface area contributed by atoms with Crippen LogP contribution in [0.5, 0.6) is 5.75 Å². The second kappa shape index (κ2) is 10.8. The standard InChI is InChI=1S/C29H27ClFN5O4/c30-25-22(12-16-6-9-19(31)10-7-16)32-26(35-25)23-24(40-15-17-4-2-1-3-5-17)28(37)36-14-18-8-11-20(27(36)34-23)21(13-18)33-29(38)39/h1-7,9-10,18,20-21,33H,8,11-15H2,(H,32,35)(H,38,39). The summed E-state index contributed by atoms with van der Waals surface area (Å²) in [5.74, 6) is 0.372. The molecule has 7 rings (SSSR count). The molecule has 9 nitrogen and oxygen atoms in total. The molecular weight excluding hydrogens is 537 g/mol. The Balaban J connectivity index is 1.44. The number of halogens is 2. The number of benzene rings is 2. The van der Waals surface area contributed by atoms with E-state index in [0.29, 0.717) is 37.3 Å². The number of hydrogen-bond donors (Lipinski definition) is 3. The van der Waals surface area contributed by atoms with Gasteiger partial charge in [0, 0.05) is 24.9 Å². The molecule has 2 aromatic heterocycles. The molecule has 0 saturated heterocycles. The van der Waals surface area contributed by atoms with Crippen LogP contribution < -0.4 is 15.6 Å². The lowest BCUT2D eigenvalue weighted by atomic mass is 9.79. The number of nitrogens with zero attached hydrogens (tertiary/aromatic N) is 3. The van der Waals surface area contributed by atoms with E-state index in [4.69, 9.17) is 21.3 Å². The van der Waals surface area contributed by atoms with E-state index in [1.54, 1.807) is 16.7 Å². The van der Waals surface area contributed by atoms with Crippen molar-refractivity contribution in [1.82, 2.24) is 24.8 Å². The SMILES string of the molecule is O=C(O)NC1CC2CCC1c1nc(-c3nc(Cl)c(Cc4ccc(F)cc4)[nH]3)c(OCc3ccccc3)c(=O)n1C2. The van der Waals surface area contributed by atoms with Crippen LogP contribution in [-0.2, 0) is 19.6 Å². The van der Waals surface area contributed by atoms with Crippen molar-refractivity contribution in [2.75, 3.05) is 0 Å². The Morgan fingerprint density at radius 2 is 1.90 bits per heavy atom. The Kier molecular flexibility index (Phi) is 7.02. The molecule has 0 radical (unpaired) electrons. The maximum atomic E-state index is 14.0. The number of hydrogen-bond acceptors (Lipinski definition) is 5. The summed E-state index contributed by atoms with van der Waals surface area (Å²) in [4.78, 5) is 38.1. The molecule has 3 N–H and O–H groups in total. The number of carboxylic acid groups (broad SMARTS) is 1. The summed E-state index contributed by atoms with van der Waals surface area (Å²) in [5.41, 5.74) is 2.18. The largest absolute Gasteiger partial charge is 0.481 e. The third kappa shape index (κ3) is 5.19. The monoisotopic (exact) mass is 563 g/mol. The summed E-state index contributed by atoms with van der Waals surface area (Å²) in [5, 5.41) is 12.3. The predicted octanol–water partition coefficient (Wildman–Crippen LogP) is 5.13. The number of ether oxygens (including phenoxy) is 1.